The first-order valence-electron chi connectivity index (χ1n) is 8.47. The van der Waals surface area contributed by atoms with Crippen LogP contribution in [0.2, 0.25) is 0 Å². The monoisotopic (exact) mass is 373 g/mol. The molecule has 1 saturated heterocycles. The molecule has 0 radical (unpaired) electrons. The Bertz CT molecular complexity index is 805. The number of hydrogen-bond acceptors (Lipinski definition) is 4. The molecule has 0 aliphatic carbocycles. The first-order valence-corrected chi connectivity index (χ1v) is 9.45. The van der Waals surface area contributed by atoms with E-state index in [1.54, 1.807) is 37.4 Å². The molecule has 5 nitrogen and oxygen atoms in total. The van der Waals surface area contributed by atoms with Crippen molar-refractivity contribution >= 4 is 29.3 Å². The molecule has 1 N–H and O–H groups in total. The van der Waals surface area contributed by atoms with E-state index in [0.717, 1.165) is 25.9 Å². The molecule has 1 fully saturated rings. The minimum absolute atomic E-state index is 0.00527. The van der Waals surface area contributed by atoms with Gasteiger partial charge in [-0.05, 0) is 49.6 Å². The molecule has 0 unspecified atom stereocenters. The highest BCUT2D eigenvalue weighted by atomic mass is 32.2. The Morgan fingerprint density at radius 1 is 1.23 bits per heavy atom. The summed E-state index contributed by atoms with van der Waals surface area (Å²) in [5, 5.41) is 3.32. The van der Waals surface area contributed by atoms with E-state index < -0.39 is 0 Å². The second-order valence-corrected chi connectivity index (χ2v) is 7.18. The van der Waals surface area contributed by atoms with Gasteiger partial charge in [0.05, 0.1) is 16.3 Å². The van der Waals surface area contributed by atoms with Gasteiger partial charge in [-0.1, -0.05) is 17.8 Å². The molecule has 2 amide bonds. The van der Waals surface area contributed by atoms with Crippen LogP contribution in [0, 0.1) is 12.7 Å². The Hall–Kier alpha value is -2.41. The number of halogens is 1. The largest absolute Gasteiger partial charge is 0.339 e. The smallest absolute Gasteiger partial charge is 0.255 e. The summed E-state index contributed by atoms with van der Waals surface area (Å²) in [6.45, 7) is 3.27. The lowest BCUT2D eigenvalue weighted by Crippen LogP contribution is -2.27. The molecule has 1 aromatic heterocycles. The first-order chi connectivity index (χ1) is 12.5. The number of carbonyl (C=O) groups excluding carboxylic acids is 2. The minimum atomic E-state index is -0.352. The fraction of sp³-hybridized carbons (Fsp3) is 0.316. The molecule has 136 valence electrons. The van der Waals surface area contributed by atoms with Gasteiger partial charge in [0.1, 0.15) is 5.82 Å². The summed E-state index contributed by atoms with van der Waals surface area (Å²) in [7, 11) is 0. The van der Waals surface area contributed by atoms with Crippen LogP contribution in [0.5, 0.6) is 0 Å². The average molecular weight is 373 g/mol. The molecule has 0 atom stereocenters. The van der Waals surface area contributed by atoms with E-state index in [2.05, 4.69) is 10.3 Å². The van der Waals surface area contributed by atoms with E-state index in [4.69, 9.17) is 0 Å². The highest BCUT2D eigenvalue weighted by Gasteiger charge is 2.19. The number of nitrogens with one attached hydrogen (secondary N) is 1. The molecule has 2 heterocycles. The predicted octanol–water partition coefficient (Wildman–Crippen LogP) is 3.50. The summed E-state index contributed by atoms with van der Waals surface area (Å²) in [6, 6.07) is 8.07. The van der Waals surface area contributed by atoms with Crippen LogP contribution >= 0.6 is 11.8 Å². The normalized spacial score (nSPS) is 13.7. The van der Waals surface area contributed by atoms with Gasteiger partial charge in [-0.15, -0.1) is 0 Å². The Kier molecular flexibility index (Phi) is 5.88. The standard InChI is InChI=1S/C19H20FN3O2S/c1-13-4-6-15(10-16(13)20)22-17(24)12-26-18-7-5-14(11-21-18)19(25)23-8-2-3-9-23/h4-7,10-11H,2-3,8-9,12H2,1H3,(H,22,24). The van der Waals surface area contributed by atoms with Gasteiger partial charge in [0.15, 0.2) is 0 Å². The second-order valence-electron chi connectivity index (χ2n) is 6.19. The zero-order valence-electron chi connectivity index (χ0n) is 14.5. The number of carbonyl (C=O) groups is 2. The number of amides is 2. The SMILES string of the molecule is Cc1ccc(NC(=O)CSc2ccc(C(=O)N3CCCC3)cn2)cc1F. The number of nitrogens with zero attached hydrogens (tertiary/aromatic N) is 2. The van der Waals surface area contributed by atoms with Crippen molar-refractivity contribution in [2.75, 3.05) is 24.2 Å². The van der Waals surface area contributed by atoms with E-state index in [0.29, 0.717) is 21.8 Å². The maximum atomic E-state index is 13.5. The quantitative estimate of drug-likeness (QED) is 0.815. The third kappa shape index (κ3) is 4.60. The summed E-state index contributed by atoms with van der Waals surface area (Å²) in [5.41, 5.74) is 1.53. The molecule has 1 aliphatic rings. The van der Waals surface area contributed by atoms with Gasteiger partial charge in [-0.3, -0.25) is 9.59 Å². The highest BCUT2D eigenvalue weighted by molar-refractivity contribution is 7.99. The number of aromatic nitrogens is 1. The van der Waals surface area contributed by atoms with E-state index in [-0.39, 0.29) is 23.4 Å². The molecule has 0 spiro atoms. The Balaban J connectivity index is 1.51. The average Bonchev–Trinajstić information content (AvgIpc) is 3.18. The van der Waals surface area contributed by atoms with Gasteiger partial charge in [0.25, 0.3) is 5.91 Å². The van der Waals surface area contributed by atoms with Gasteiger partial charge in [-0.2, -0.15) is 0 Å². The van der Waals surface area contributed by atoms with Crippen LogP contribution in [0.15, 0.2) is 41.6 Å². The summed E-state index contributed by atoms with van der Waals surface area (Å²) in [5.74, 6) is -0.430. The van der Waals surface area contributed by atoms with E-state index >= 15 is 0 Å². The number of anilines is 1. The highest BCUT2D eigenvalue weighted by Crippen LogP contribution is 2.19. The number of pyridine rings is 1. The number of rotatable bonds is 5. The maximum Gasteiger partial charge on any atom is 0.255 e. The Labute approximate surface area is 156 Å². The second kappa shape index (κ2) is 8.31. The topological polar surface area (TPSA) is 62.3 Å². The van der Waals surface area contributed by atoms with Crippen LogP contribution in [-0.4, -0.2) is 40.5 Å². The summed E-state index contributed by atoms with van der Waals surface area (Å²) < 4.78 is 13.5. The van der Waals surface area contributed by atoms with Crippen LogP contribution < -0.4 is 5.32 Å². The molecule has 2 aromatic rings. The lowest BCUT2D eigenvalue weighted by molar-refractivity contribution is -0.113. The van der Waals surface area contributed by atoms with E-state index in [9.17, 15) is 14.0 Å². The van der Waals surface area contributed by atoms with Gasteiger partial charge in [-0.25, -0.2) is 9.37 Å². The molecule has 26 heavy (non-hydrogen) atoms. The van der Waals surface area contributed by atoms with Crippen molar-refractivity contribution in [2.24, 2.45) is 0 Å². The molecule has 0 saturated carbocycles. The van der Waals surface area contributed by atoms with Crippen molar-refractivity contribution < 1.29 is 14.0 Å². The third-order valence-corrected chi connectivity index (χ3v) is 5.13. The van der Waals surface area contributed by atoms with Crippen molar-refractivity contribution in [3.63, 3.8) is 0 Å². The summed E-state index contributed by atoms with van der Waals surface area (Å²) in [4.78, 5) is 30.3. The molecule has 3 rings (SSSR count). The van der Waals surface area contributed by atoms with Crippen LogP contribution in [0.25, 0.3) is 0 Å². The lowest BCUT2D eigenvalue weighted by Gasteiger charge is -2.14. The first kappa shape index (κ1) is 18.4. The number of likely N-dealkylation sites (tertiary alicyclic amines) is 1. The summed E-state index contributed by atoms with van der Waals surface area (Å²) in [6.07, 6.45) is 3.65. The number of hydrogen-bond donors (Lipinski definition) is 1. The third-order valence-electron chi connectivity index (χ3n) is 4.18. The van der Waals surface area contributed by atoms with Gasteiger partial charge < -0.3 is 10.2 Å². The number of thioether (sulfide) groups is 1. The fourth-order valence-electron chi connectivity index (χ4n) is 2.70. The van der Waals surface area contributed by atoms with Crippen LogP contribution in [0.1, 0.15) is 28.8 Å². The minimum Gasteiger partial charge on any atom is -0.339 e. The van der Waals surface area contributed by atoms with Crippen molar-refractivity contribution in [1.82, 2.24) is 9.88 Å². The molecular formula is C19H20FN3O2S. The number of benzene rings is 1. The maximum absolute atomic E-state index is 13.5. The van der Waals surface area contributed by atoms with Gasteiger partial charge in [0.2, 0.25) is 5.91 Å². The molecule has 1 aliphatic heterocycles. The van der Waals surface area contributed by atoms with Crippen LogP contribution in [-0.2, 0) is 4.79 Å². The number of aryl methyl sites for hydroxylation is 1. The van der Waals surface area contributed by atoms with Crippen LogP contribution in [0.3, 0.4) is 0 Å². The van der Waals surface area contributed by atoms with Crippen molar-refractivity contribution in [2.45, 2.75) is 24.8 Å². The van der Waals surface area contributed by atoms with Gasteiger partial charge >= 0.3 is 0 Å². The van der Waals surface area contributed by atoms with E-state index in [1.807, 2.05) is 4.90 Å². The summed E-state index contributed by atoms with van der Waals surface area (Å²) >= 11 is 1.27. The lowest BCUT2D eigenvalue weighted by atomic mass is 10.2. The zero-order valence-corrected chi connectivity index (χ0v) is 15.3. The van der Waals surface area contributed by atoms with Crippen molar-refractivity contribution in [1.29, 1.82) is 0 Å². The molecular weight excluding hydrogens is 353 g/mol. The Morgan fingerprint density at radius 2 is 2.00 bits per heavy atom. The van der Waals surface area contributed by atoms with E-state index in [1.165, 1.54) is 17.8 Å². The molecule has 0 bridgehead atoms. The van der Waals surface area contributed by atoms with Crippen LogP contribution in [0.4, 0.5) is 10.1 Å². The molecule has 1 aromatic carbocycles. The van der Waals surface area contributed by atoms with Crippen molar-refractivity contribution in [3.8, 4) is 0 Å². The Morgan fingerprint density at radius 3 is 2.65 bits per heavy atom. The van der Waals surface area contributed by atoms with Crippen molar-refractivity contribution in [3.05, 3.63) is 53.5 Å². The molecule has 7 heteroatoms. The predicted molar refractivity (Wildman–Crippen MR) is 99.9 cm³/mol. The zero-order chi connectivity index (χ0) is 18.5. The fourth-order valence-corrected chi connectivity index (χ4v) is 3.34. The van der Waals surface area contributed by atoms with Gasteiger partial charge in [0, 0.05) is 25.0 Å².